The Kier molecular flexibility index (Phi) is 3.71. The van der Waals surface area contributed by atoms with Gasteiger partial charge in [-0.05, 0) is 40.5 Å². The first-order valence-corrected chi connectivity index (χ1v) is 6.17. The van der Waals surface area contributed by atoms with Gasteiger partial charge in [-0.15, -0.1) is 0 Å². The van der Waals surface area contributed by atoms with Gasteiger partial charge in [0, 0.05) is 18.5 Å². The summed E-state index contributed by atoms with van der Waals surface area (Å²) < 4.78 is 11.7. The summed E-state index contributed by atoms with van der Waals surface area (Å²) in [6.07, 6.45) is 1.16. The predicted molar refractivity (Wildman–Crippen MR) is 67.5 cm³/mol. The number of benzene rings is 1. The number of rotatable bonds is 3. The lowest BCUT2D eigenvalue weighted by atomic mass is 9.97. The van der Waals surface area contributed by atoms with Crippen molar-refractivity contribution >= 4 is 15.9 Å². The van der Waals surface area contributed by atoms with E-state index in [1.165, 1.54) is 5.56 Å². The highest BCUT2D eigenvalue weighted by Gasteiger charge is 2.21. The molecule has 88 valence electrons. The molecule has 1 N–H and O–H groups in total. The first-order valence-electron chi connectivity index (χ1n) is 5.38. The van der Waals surface area contributed by atoms with Crippen molar-refractivity contribution in [1.82, 2.24) is 5.32 Å². The standard InChI is InChI=1S/C12H16BrNO2/c1-15-11-6-12(16-2)10(13)5-9(11)8-3-4-14-7-8/h5-6,8,14H,3-4,7H2,1-2H3. The normalized spacial score (nSPS) is 19.8. The smallest absolute Gasteiger partial charge is 0.136 e. The zero-order valence-corrected chi connectivity index (χ0v) is 11.1. The molecule has 1 saturated heterocycles. The van der Waals surface area contributed by atoms with Gasteiger partial charge in [0.05, 0.1) is 18.7 Å². The second kappa shape index (κ2) is 5.06. The molecule has 1 atom stereocenters. The summed E-state index contributed by atoms with van der Waals surface area (Å²) in [5, 5.41) is 3.37. The van der Waals surface area contributed by atoms with Crippen molar-refractivity contribution < 1.29 is 9.47 Å². The van der Waals surface area contributed by atoms with Gasteiger partial charge in [0.25, 0.3) is 0 Å². The minimum atomic E-state index is 0.539. The average molecular weight is 286 g/mol. The topological polar surface area (TPSA) is 30.5 Å². The molecule has 2 rings (SSSR count). The minimum Gasteiger partial charge on any atom is -0.496 e. The van der Waals surface area contributed by atoms with E-state index in [1.807, 2.05) is 6.07 Å². The summed E-state index contributed by atoms with van der Waals surface area (Å²) >= 11 is 3.52. The molecule has 1 fully saturated rings. The molecule has 1 unspecified atom stereocenters. The predicted octanol–water partition coefficient (Wildman–Crippen LogP) is 2.54. The maximum Gasteiger partial charge on any atom is 0.136 e. The molecule has 0 aromatic heterocycles. The first-order chi connectivity index (χ1) is 7.76. The van der Waals surface area contributed by atoms with Crippen LogP contribution in [0.3, 0.4) is 0 Å². The van der Waals surface area contributed by atoms with E-state index < -0.39 is 0 Å². The molecule has 4 heteroatoms. The van der Waals surface area contributed by atoms with Crippen molar-refractivity contribution in [2.75, 3.05) is 27.3 Å². The zero-order valence-electron chi connectivity index (χ0n) is 9.55. The van der Waals surface area contributed by atoms with Crippen LogP contribution in [0.4, 0.5) is 0 Å². The second-order valence-corrected chi connectivity index (χ2v) is 4.77. The molecular formula is C12H16BrNO2. The molecule has 1 aliphatic heterocycles. The number of methoxy groups -OCH3 is 2. The summed E-state index contributed by atoms with van der Waals surface area (Å²) in [5.41, 5.74) is 1.25. The van der Waals surface area contributed by atoms with Crippen molar-refractivity contribution in [2.24, 2.45) is 0 Å². The van der Waals surface area contributed by atoms with Gasteiger partial charge < -0.3 is 14.8 Å². The van der Waals surface area contributed by atoms with E-state index in [0.29, 0.717) is 5.92 Å². The quantitative estimate of drug-likeness (QED) is 0.926. The lowest BCUT2D eigenvalue weighted by molar-refractivity contribution is 0.387. The van der Waals surface area contributed by atoms with Crippen LogP contribution in [0, 0.1) is 0 Å². The molecule has 1 aromatic rings. The molecule has 0 aliphatic carbocycles. The Bertz CT molecular complexity index is 376. The molecule has 16 heavy (non-hydrogen) atoms. The molecule has 1 aromatic carbocycles. The monoisotopic (exact) mass is 285 g/mol. The largest absolute Gasteiger partial charge is 0.496 e. The molecule has 0 bridgehead atoms. The summed E-state index contributed by atoms with van der Waals surface area (Å²) in [5.74, 6) is 2.26. The van der Waals surface area contributed by atoms with Crippen molar-refractivity contribution in [3.63, 3.8) is 0 Å². The maximum absolute atomic E-state index is 5.43. The van der Waals surface area contributed by atoms with Crippen LogP contribution in [0.2, 0.25) is 0 Å². The third kappa shape index (κ3) is 2.18. The van der Waals surface area contributed by atoms with E-state index in [9.17, 15) is 0 Å². The van der Waals surface area contributed by atoms with Crippen LogP contribution in [0.1, 0.15) is 17.9 Å². The van der Waals surface area contributed by atoms with Crippen molar-refractivity contribution in [1.29, 1.82) is 0 Å². The van der Waals surface area contributed by atoms with Gasteiger partial charge in [0.2, 0.25) is 0 Å². The molecule has 0 spiro atoms. The van der Waals surface area contributed by atoms with Gasteiger partial charge in [-0.1, -0.05) is 0 Å². The van der Waals surface area contributed by atoms with Gasteiger partial charge in [-0.3, -0.25) is 0 Å². The van der Waals surface area contributed by atoms with E-state index in [1.54, 1.807) is 14.2 Å². The number of ether oxygens (including phenoxy) is 2. The highest BCUT2D eigenvalue weighted by molar-refractivity contribution is 9.10. The minimum absolute atomic E-state index is 0.539. The first kappa shape index (κ1) is 11.7. The Morgan fingerprint density at radius 3 is 2.56 bits per heavy atom. The third-order valence-electron chi connectivity index (χ3n) is 3.00. The number of nitrogens with one attached hydrogen (secondary N) is 1. The highest BCUT2D eigenvalue weighted by Crippen LogP contribution is 2.38. The van der Waals surface area contributed by atoms with Gasteiger partial charge in [-0.2, -0.15) is 0 Å². The van der Waals surface area contributed by atoms with Crippen molar-refractivity contribution in [3.8, 4) is 11.5 Å². The second-order valence-electron chi connectivity index (χ2n) is 3.92. The fraction of sp³-hybridized carbons (Fsp3) is 0.500. The van der Waals surface area contributed by atoms with Crippen LogP contribution in [0.5, 0.6) is 11.5 Å². The maximum atomic E-state index is 5.43. The molecule has 1 heterocycles. The van der Waals surface area contributed by atoms with Gasteiger partial charge in [0.1, 0.15) is 11.5 Å². The van der Waals surface area contributed by atoms with Crippen LogP contribution < -0.4 is 14.8 Å². The summed E-state index contributed by atoms with van der Waals surface area (Å²) in [4.78, 5) is 0. The summed E-state index contributed by atoms with van der Waals surface area (Å²) in [7, 11) is 3.37. The number of halogens is 1. The average Bonchev–Trinajstić information content (AvgIpc) is 2.82. The molecular weight excluding hydrogens is 270 g/mol. The van der Waals surface area contributed by atoms with Crippen LogP contribution in [-0.2, 0) is 0 Å². The molecule has 0 radical (unpaired) electrons. The van der Waals surface area contributed by atoms with Crippen molar-refractivity contribution in [3.05, 3.63) is 22.2 Å². The van der Waals surface area contributed by atoms with Crippen LogP contribution in [0.25, 0.3) is 0 Å². The van der Waals surface area contributed by atoms with Crippen molar-refractivity contribution in [2.45, 2.75) is 12.3 Å². The van der Waals surface area contributed by atoms with E-state index in [0.717, 1.165) is 35.5 Å². The zero-order chi connectivity index (χ0) is 11.5. The molecule has 3 nitrogen and oxygen atoms in total. The number of hydrogen-bond acceptors (Lipinski definition) is 3. The van der Waals surface area contributed by atoms with E-state index in [2.05, 4.69) is 27.3 Å². The van der Waals surface area contributed by atoms with Gasteiger partial charge in [0.15, 0.2) is 0 Å². The fourth-order valence-electron chi connectivity index (χ4n) is 2.12. The Hall–Kier alpha value is -0.740. The van der Waals surface area contributed by atoms with Gasteiger partial charge >= 0.3 is 0 Å². The summed E-state index contributed by atoms with van der Waals surface area (Å²) in [6, 6.07) is 4.05. The molecule has 0 saturated carbocycles. The lowest BCUT2D eigenvalue weighted by Gasteiger charge is -2.16. The van der Waals surface area contributed by atoms with Crippen LogP contribution in [0.15, 0.2) is 16.6 Å². The fourth-order valence-corrected chi connectivity index (χ4v) is 2.65. The number of hydrogen-bond donors (Lipinski definition) is 1. The summed E-state index contributed by atoms with van der Waals surface area (Å²) in [6.45, 7) is 2.10. The van der Waals surface area contributed by atoms with E-state index in [4.69, 9.17) is 9.47 Å². The lowest BCUT2D eigenvalue weighted by Crippen LogP contribution is -2.09. The Balaban J connectivity index is 2.39. The highest BCUT2D eigenvalue weighted by atomic mass is 79.9. The molecule has 0 amide bonds. The van der Waals surface area contributed by atoms with E-state index >= 15 is 0 Å². The third-order valence-corrected chi connectivity index (χ3v) is 3.62. The van der Waals surface area contributed by atoms with Gasteiger partial charge in [-0.25, -0.2) is 0 Å². The SMILES string of the molecule is COc1cc(OC)c(C2CCNC2)cc1Br. The Labute approximate surface area is 104 Å². The van der Waals surface area contributed by atoms with E-state index in [-0.39, 0.29) is 0 Å². The van der Waals surface area contributed by atoms with Crippen LogP contribution >= 0.6 is 15.9 Å². The van der Waals surface area contributed by atoms with Crippen LogP contribution in [-0.4, -0.2) is 27.3 Å². The Morgan fingerprint density at radius 2 is 2.00 bits per heavy atom. The Morgan fingerprint density at radius 1 is 1.25 bits per heavy atom. The molecule has 1 aliphatic rings.